The summed E-state index contributed by atoms with van der Waals surface area (Å²) in [6, 6.07) is 12.9. The zero-order valence-electron chi connectivity index (χ0n) is 15.7. The molecule has 1 saturated heterocycles. The van der Waals surface area contributed by atoms with E-state index in [0.29, 0.717) is 36.6 Å². The van der Waals surface area contributed by atoms with E-state index < -0.39 is 0 Å². The molecule has 3 rings (SSSR count). The van der Waals surface area contributed by atoms with Gasteiger partial charge in [-0.05, 0) is 30.2 Å². The van der Waals surface area contributed by atoms with Crippen molar-refractivity contribution in [2.75, 3.05) is 20.8 Å². The first kappa shape index (κ1) is 18.8. The van der Waals surface area contributed by atoms with Gasteiger partial charge in [0.15, 0.2) is 11.5 Å². The summed E-state index contributed by atoms with van der Waals surface area (Å²) in [4.78, 5) is 26.2. The van der Waals surface area contributed by atoms with E-state index in [1.807, 2.05) is 41.3 Å². The third kappa shape index (κ3) is 4.39. The van der Waals surface area contributed by atoms with Crippen molar-refractivity contribution in [1.29, 1.82) is 0 Å². The number of nitrogens with one attached hydrogen (secondary N) is 1. The molecule has 27 heavy (non-hydrogen) atoms. The molecule has 0 saturated carbocycles. The number of hydrogen-bond donors (Lipinski definition) is 1. The van der Waals surface area contributed by atoms with Crippen molar-refractivity contribution in [1.82, 2.24) is 10.2 Å². The third-order valence-corrected chi connectivity index (χ3v) is 4.66. The van der Waals surface area contributed by atoms with Crippen molar-refractivity contribution in [2.24, 2.45) is 0 Å². The van der Waals surface area contributed by atoms with Crippen LogP contribution in [0.5, 0.6) is 11.5 Å². The Morgan fingerprint density at radius 1 is 1.15 bits per heavy atom. The number of nitrogens with zero attached hydrogens (tertiary/aromatic N) is 1. The molecule has 2 aromatic carbocycles. The minimum atomic E-state index is -0.172. The molecule has 0 atom stereocenters. The maximum atomic E-state index is 12.6. The van der Waals surface area contributed by atoms with Crippen LogP contribution in [0, 0.1) is 0 Å². The molecule has 0 aromatic heterocycles. The fourth-order valence-corrected chi connectivity index (χ4v) is 3.27. The fraction of sp³-hybridized carbons (Fsp3) is 0.333. The first-order chi connectivity index (χ1) is 13.1. The van der Waals surface area contributed by atoms with Crippen molar-refractivity contribution in [3.63, 3.8) is 0 Å². The lowest BCUT2D eigenvalue weighted by molar-refractivity contribution is -0.128. The fourth-order valence-electron chi connectivity index (χ4n) is 3.27. The normalized spacial score (nSPS) is 13.6. The molecule has 1 N–H and O–H groups in total. The molecule has 0 aliphatic carbocycles. The predicted octanol–water partition coefficient (Wildman–Crippen LogP) is 2.76. The molecule has 2 amide bonds. The highest BCUT2D eigenvalue weighted by Crippen LogP contribution is 2.30. The predicted molar refractivity (Wildman–Crippen MR) is 102 cm³/mol. The summed E-state index contributed by atoms with van der Waals surface area (Å²) >= 11 is 0. The smallest absolute Gasteiger partial charge is 0.251 e. The molecular formula is C21H24N2O4. The van der Waals surface area contributed by atoms with E-state index in [4.69, 9.17) is 9.47 Å². The van der Waals surface area contributed by atoms with Crippen LogP contribution >= 0.6 is 0 Å². The van der Waals surface area contributed by atoms with E-state index in [-0.39, 0.29) is 11.8 Å². The lowest BCUT2D eigenvalue weighted by Crippen LogP contribution is -2.25. The number of rotatable bonds is 7. The summed E-state index contributed by atoms with van der Waals surface area (Å²) in [6.07, 6.45) is 1.52. The highest BCUT2D eigenvalue weighted by Gasteiger charge is 2.20. The van der Waals surface area contributed by atoms with Gasteiger partial charge in [-0.1, -0.05) is 24.3 Å². The first-order valence-corrected chi connectivity index (χ1v) is 8.97. The first-order valence-electron chi connectivity index (χ1n) is 8.97. The lowest BCUT2D eigenvalue weighted by Gasteiger charge is -2.16. The van der Waals surface area contributed by atoms with E-state index >= 15 is 0 Å². The largest absolute Gasteiger partial charge is 0.493 e. The summed E-state index contributed by atoms with van der Waals surface area (Å²) in [7, 11) is 3.16. The average Bonchev–Trinajstić information content (AvgIpc) is 3.10. The van der Waals surface area contributed by atoms with Crippen molar-refractivity contribution in [3.05, 3.63) is 59.2 Å². The second-order valence-corrected chi connectivity index (χ2v) is 6.45. The summed E-state index contributed by atoms with van der Waals surface area (Å²) in [6.45, 7) is 1.66. The number of ether oxygens (including phenoxy) is 2. The van der Waals surface area contributed by atoms with Crippen LogP contribution in [0.4, 0.5) is 0 Å². The molecule has 0 bridgehead atoms. The molecule has 2 aromatic rings. The van der Waals surface area contributed by atoms with E-state index in [9.17, 15) is 9.59 Å². The highest BCUT2D eigenvalue weighted by atomic mass is 16.5. The van der Waals surface area contributed by atoms with Gasteiger partial charge in [-0.2, -0.15) is 0 Å². The molecule has 0 radical (unpaired) electrons. The molecule has 0 unspecified atom stereocenters. The van der Waals surface area contributed by atoms with Crippen LogP contribution in [-0.4, -0.2) is 37.5 Å². The Morgan fingerprint density at radius 3 is 2.67 bits per heavy atom. The minimum Gasteiger partial charge on any atom is -0.493 e. The van der Waals surface area contributed by atoms with Gasteiger partial charge < -0.3 is 19.7 Å². The number of hydrogen-bond acceptors (Lipinski definition) is 4. The Bertz CT molecular complexity index is 835. The summed E-state index contributed by atoms with van der Waals surface area (Å²) in [5.74, 6) is 1.24. The van der Waals surface area contributed by atoms with Crippen molar-refractivity contribution in [2.45, 2.75) is 25.9 Å². The number of benzene rings is 2. The molecule has 6 nitrogen and oxygen atoms in total. The monoisotopic (exact) mass is 368 g/mol. The molecule has 1 aliphatic heterocycles. The lowest BCUT2D eigenvalue weighted by atomic mass is 10.1. The molecule has 1 fully saturated rings. The maximum absolute atomic E-state index is 12.6. The Balaban J connectivity index is 1.66. The SMILES string of the molecule is COc1cccc(CNC(=O)c2cccc(CN3CCCC3=O)c2)c1OC. The van der Waals surface area contributed by atoms with Crippen molar-refractivity contribution >= 4 is 11.8 Å². The Kier molecular flexibility index (Phi) is 5.96. The van der Waals surface area contributed by atoms with Gasteiger partial charge in [-0.15, -0.1) is 0 Å². The van der Waals surface area contributed by atoms with E-state index in [1.54, 1.807) is 20.3 Å². The van der Waals surface area contributed by atoms with Gasteiger partial charge in [0.05, 0.1) is 14.2 Å². The van der Waals surface area contributed by atoms with Crippen LogP contribution < -0.4 is 14.8 Å². The van der Waals surface area contributed by atoms with Crippen LogP contribution in [0.3, 0.4) is 0 Å². The standard InChI is InChI=1S/C21H24N2O4/c1-26-18-9-4-8-17(20(18)27-2)13-22-21(25)16-7-3-6-15(12-16)14-23-11-5-10-19(23)24/h3-4,6-9,12H,5,10-11,13-14H2,1-2H3,(H,22,25). The van der Waals surface area contributed by atoms with Gasteiger partial charge in [0.25, 0.3) is 5.91 Å². The van der Waals surface area contributed by atoms with Gasteiger partial charge >= 0.3 is 0 Å². The van der Waals surface area contributed by atoms with Crippen molar-refractivity contribution in [3.8, 4) is 11.5 Å². The molecule has 1 aliphatic rings. The van der Waals surface area contributed by atoms with E-state index in [0.717, 1.165) is 24.1 Å². The van der Waals surface area contributed by atoms with Gasteiger partial charge in [-0.25, -0.2) is 0 Å². The molecule has 6 heteroatoms. The van der Waals surface area contributed by atoms with Crippen LogP contribution in [0.2, 0.25) is 0 Å². The van der Waals surface area contributed by atoms with Crippen LogP contribution in [0.15, 0.2) is 42.5 Å². The quantitative estimate of drug-likeness (QED) is 0.816. The number of para-hydroxylation sites is 1. The maximum Gasteiger partial charge on any atom is 0.251 e. The second kappa shape index (κ2) is 8.58. The number of amides is 2. The third-order valence-electron chi connectivity index (χ3n) is 4.66. The highest BCUT2D eigenvalue weighted by molar-refractivity contribution is 5.94. The van der Waals surface area contributed by atoms with Crippen LogP contribution in [-0.2, 0) is 17.9 Å². The van der Waals surface area contributed by atoms with Gasteiger partial charge in [0.1, 0.15) is 0 Å². The van der Waals surface area contributed by atoms with Crippen LogP contribution in [0.1, 0.15) is 34.3 Å². The topological polar surface area (TPSA) is 67.9 Å². The van der Waals surface area contributed by atoms with Gasteiger partial charge in [-0.3, -0.25) is 9.59 Å². The summed E-state index contributed by atoms with van der Waals surface area (Å²) < 4.78 is 10.7. The zero-order valence-corrected chi connectivity index (χ0v) is 15.7. The molecule has 1 heterocycles. The minimum absolute atomic E-state index is 0.172. The number of likely N-dealkylation sites (tertiary alicyclic amines) is 1. The number of methoxy groups -OCH3 is 2. The van der Waals surface area contributed by atoms with Crippen molar-refractivity contribution < 1.29 is 19.1 Å². The Labute approximate surface area is 159 Å². The van der Waals surface area contributed by atoms with Gasteiger partial charge in [0.2, 0.25) is 5.91 Å². The van der Waals surface area contributed by atoms with E-state index in [2.05, 4.69) is 5.32 Å². The molecule has 142 valence electrons. The summed E-state index contributed by atoms with van der Waals surface area (Å²) in [5.41, 5.74) is 2.36. The summed E-state index contributed by atoms with van der Waals surface area (Å²) in [5, 5.41) is 2.92. The Hall–Kier alpha value is -3.02. The van der Waals surface area contributed by atoms with E-state index in [1.165, 1.54) is 0 Å². The number of carbonyl (C=O) groups is 2. The number of carbonyl (C=O) groups excluding carboxylic acids is 2. The average molecular weight is 368 g/mol. The van der Waals surface area contributed by atoms with Crippen LogP contribution in [0.25, 0.3) is 0 Å². The second-order valence-electron chi connectivity index (χ2n) is 6.45. The molecular weight excluding hydrogens is 344 g/mol. The Morgan fingerprint density at radius 2 is 1.96 bits per heavy atom. The molecule has 0 spiro atoms. The zero-order chi connectivity index (χ0) is 19.2. The van der Waals surface area contributed by atoms with Gasteiger partial charge in [0, 0.05) is 37.2 Å².